The molecule has 0 spiro atoms. The first-order valence-corrected chi connectivity index (χ1v) is 9.33. The van der Waals surface area contributed by atoms with Crippen molar-refractivity contribution >= 4 is 0 Å². The number of rotatable bonds is 11. The molecule has 0 bridgehead atoms. The molecule has 20 heavy (non-hydrogen) atoms. The Kier molecular flexibility index (Phi) is 9.85. The van der Waals surface area contributed by atoms with Crippen LogP contribution in [0.3, 0.4) is 0 Å². The molecule has 0 heterocycles. The van der Waals surface area contributed by atoms with Crippen molar-refractivity contribution in [2.45, 2.75) is 100 Å². The zero-order chi connectivity index (χ0) is 15.8. The van der Waals surface area contributed by atoms with Crippen molar-refractivity contribution in [2.75, 3.05) is 0 Å². The summed E-state index contributed by atoms with van der Waals surface area (Å²) in [7, 11) is 0. The molecule has 0 nitrogen and oxygen atoms in total. The molecule has 0 fully saturated rings. The smallest absolute Gasteiger partial charge is 0.0329 e. The Labute approximate surface area is 130 Å². The van der Waals surface area contributed by atoms with Crippen LogP contribution in [0.1, 0.15) is 100 Å². The minimum Gasteiger partial charge on any atom is -0.0654 e. The Balaban J connectivity index is 4.76. The van der Waals surface area contributed by atoms with E-state index in [2.05, 4.69) is 55.4 Å². The highest BCUT2D eigenvalue weighted by atomic mass is 14.4. The van der Waals surface area contributed by atoms with Crippen molar-refractivity contribution in [3.05, 3.63) is 0 Å². The minimum atomic E-state index is 0.508. The third kappa shape index (κ3) is 6.19. The lowest BCUT2D eigenvalue weighted by Crippen LogP contribution is -2.28. The molecule has 0 saturated carbocycles. The van der Waals surface area contributed by atoms with E-state index in [9.17, 15) is 0 Å². The van der Waals surface area contributed by atoms with Gasteiger partial charge in [0.2, 0.25) is 0 Å². The van der Waals surface area contributed by atoms with Gasteiger partial charge in [-0.1, -0.05) is 93.9 Å². The monoisotopic (exact) mass is 282 g/mol. The van der Waals surface area contributed by atoms with Gasteiger partial charge < -0.3 is 0 Å². The van der Waals surface area contributed by atoms with Gasteiger partial charge in [-0.05, 0) is 35.5 Å². The summed E-state index contributed by atoms with van der Waals surface area (Å²) in [6.07, 6.45) is 9.58. The summed E-state index contributed by atoms with van der Waals surface area (Å²) < 4.78 is 0. The Morgan fingerprint density at radius 3 is 1.75 bits per heavy atom. The molecule has 0 heteroatoms. The fraction of sp³-hybridized carbons (Fsp3) is 1.00. The molecule has 0 aromatic heterocycles. The third-order valence-corrected chi connectivity index (χ3v) is 5.99. The van der Waals surface area contributed by atoms with E-state index in [1.165, 1.54) is 44.9 Å². The molecule has 0 aromatic carbocycles. The van der Waals surface area contributed by atoms with E-state index in [-0.39, 0.29) is 0 Å². The first-order valence-electron chi connectivity index (χ1n) is 9.33. The van der Waals surface area contributed by atoms with Crippen LogP contribution in [0.5, 0.6) is 0 Å². The van der Waals surface area contributed by atoms with Crippen LogP contribution < -0.4 is 0 Å². The number of hydrogen-bond donors (Lipinski definition) is 0. The highest BCUT2D eigenvalue weighted by molar-refractivity contribution is 4.81. The Bertz CT molecular complexity index is 228. The zero-order valence-corrected chi connectivity index (χ0v) is 15.8. The second-order valence-electron chi connectivity index (χ2n) is 7.88. The molecule has 0 N–H and O–H groups in total. The molecule has 0 aliphatic rings. The van der Waals surface area contributed by atoms with E-state index in [1.54, 1.807) is 0 Å². The third-order valence-electron chi connectivity index (χ3n) is 5.99. The lowest BCUT2D eigenvalue weighted by molar-refractivity contribution is 0.122. The number of hydrogen-bond acceptors (Lipinski definition) is 0. The van der Waals surface area contributed by atoms with Gasteiger partial charge in [0.05, 0.1) is 0 Å². The van der Waals surface area contributed by atoms with Crippen LogP contribution in [0, 0.1) is 29.1 Å². The molecule has 0 aromatic rings. The molecule has 0 amide bonds. The van der Waals surface area contributed by atoms with Crippen molar-refractivity contribution in [2.24, 2.45) is 29.1 Å². The topological polar surface area (TPSA) is 0 Å². The van der Waals surface area contributed by atoms with Gasteiger partial charge in [-0.25, -0.2) is 0 Å². The van der Waals surface area contributed by atoms with E-state index >= 15 is 0 Å². The Morgan fingerprint density at radius 1 is 0.800 bits per heavy atom. The minimum absolute atomic E-state index is 0.508. The molecule has 0 aliphatic carbocycles. The highest BCUT2D eigenvalue weighted by Gasteiger charge is 2.31. The normalized spacial score (nSPS) is 18.6. The van der Waals surface area contributed by atoms with Gasteiger partial charge in [0, 0.05) is 0 Å². The summed E-state index contributed by atoms with van der Waals surface area (Å²) >= 11 is 0. The summed E-state index contributed by atoms with van der Waals surface area (Å²) in [6.45, 7) is 19.4. The predicted molar refractivity (Wildman–Crippen MR) is 94.1 cm³/mol. The second-order valence-corrected chi connectivity index (χ2v) is 7.88. The fourth-order valence-corrected chi connectivity index (χ4v) is 4.08. The molecule has 4 atom stereocenters. The molecule has 0 saturated heterocycles. The molecular formula is C20H42. The van der Waals surface area contributed by atoms with E-state index < -0.39 is 0 Å². The lowest BCUT2D eigenvalue weighted by atomic mass is 9.67. The second kappa shape index (κ2) is 9.85. The Morgan fingerprint density at radius 2 is 1.35 bits per heavy atom. The zero-order valence-electron chi connectivity index (χ0n) is 15.8. The van der Waals surface area contributed by atoms with Gasteiger partial charge in [-0.3, -0.25) is 0 Å². The van der Waals surface area contributed by atoms with E-state index in [1.807, 2.05) is 0 Å². The standard InChI is InChI=1S/C20H42/c1-9-13-16(5)19(14-10-2)17(6)15-18(11-3)20(7,8)12-4/h16-19H,9-15H2,1-8H3. The summed E-state index contributed by atoms with van der Waals surface area (Å²) in [6, 6.07) is 0. The molecular weight excluding hydrogens is 240 g/mol. The summed E-state index contributed by atoms with van der Waals surface area (Å²) in [5.74, 6) is 3.60. The molecule has 122 valence electrons. The molecule has 0 rings (SSSR count). The van der Waals surface area contributed by atoms with Gasteiger partial charge in [-0.15, -0.1) is 0 Å². The predicted octanol–water partition coefficient (Wildman–Crippen LogP) is 7.33. The van der Waals surface area contributed by atoms with Gasteiger partial charge in [0.15, 0.2) is 0 Å². The van der Waals surface area contributed by atoms with Crippen LogP contribution in [-0.2, 0) is 0 Å². The van der Waals surface area contributed by atoms with E-state index in [4.69, 9.17) is 0 Å². The molecule has 0 radical (unpaired) electrons. The van der Waals surface area contributed by atoms with Crippen LogP contribution in [0.15, 0.2) is 0 Å². The van der Waals surface area contributed by atoms with Crippen LogP contribution in [0.4, 0.5) is 0 Å². The average Bonchev–Trinajstić information content (AvgIpc) is 2.41. The van der Waals surface area contributed by atoms with Gasteiger partial charge in [0.25, 0.3) is 0 Å². The Hall–Kier alpha value is 0. The quantitative estimate of drug-likeness (QED) is 0.372. The van der Waals surface area contributed by atoms with Gasteiger partial charge in [0.1, 0.15) is 0 Å². The average molecular weight is 283 g/mol. The lowest BCUT2D eigenvalue weighted by Gasteiger charge is -2.38. The summed E-state index contributed by atoms with van der Waals surface area (Å²) in [5.41, 5.74) is 0.508. The maximum absolute atomic E-state index is 2.53. The van der Waals surface area contributed by atoms with Crippen LogP contribution in [0.25, 0.3) is 0 Å². The maximum Gasteiger partial charge on any atom is -0.0329 e. The summed E-state index contributed by atoms with van der Waals surface area (Å²) in [5, 5.41) is 0. The van der Waals surface area contributed by atoms with Crippen molar-refractivity contribution in [1.82, 2.24) is 0 Å². The SMILES string of the molecule is CCCC(C)C(CCC)C(C)CC(CC)C(C)(C)CC. The maximum atomic E-state index is 2.53. The van der Waals surface area contributed by atoms with Crippen molar-refractivity contribution in [1.29, 1.82) is 0 Å². The van der Waals surface area contributed by atoms with Crippen molar-refractivity contribution < 1.29 is 0 Å². The van der Waals surface area contributed by atoms with E-state index in [0.29, 0.717) is 5.41 Å². The van der Waals surface area contributed by atoms with Crippen LogP contribution in [-0.4, -0.2) is 0 Å². The van der Waals surface area contributed by atoms with Crippen molar-refractivity contribution in [3.8, 4) is 0 Å². The van der Waals surface area contributed by atoms with Crippen LogP contribution in [0.2, 0.25) is 0 Å². The van der Waals surface area contributed by atoms with E-state index in [0.717, 1.165) is 23.7 Å². The van der Waals surface area contributed by atoms with Gasteiger partial charge >= 0.3 is 0 Å². The summed E-state index contributed by atoms with van der Waals surface area (Å²) in [4.78, 5) is 0. The largest absolute Gasteiger partial charge is 0.0654 e. The highest BCUT2D eigenvalue weighted by Crippen LogP contribution is 2.41. The first kappa shape index (κ1) is 20.0. The molecule has 4 unspecified atom stereocenters. The fourth-order valence-electron chi connectivity index (χ4n) is 4.08. The first-order chi connectivity index (χ1) is 9.33. The van der Waals surface area contributed by atoms with Crippen molar-refractivity contribution in [3.63, 3.8) is 0 Å². The van der Waals surface area contributed by atoms with Gasteiger partial charge in [-0.2, -0.15) is 0 Å². The molecule has 0 aliphatic heterocycles. The van der Waals surface area contributed by atoms with Crippen LogP contribution >= 0.6 is 0 Å².